The Hall–Kier alpha value is -2.08. The van der Waals surface area contributed by atoms with Crippen molar-refractivity contribution in [2.45, 2.75) is 32.7 Å². The van der Waals surface area contributed by atoms with Crippen molar-refractivity contribution in [1.29, 1.82) is 0 Å². The molecular formula is C18H26N4O2. The first-order chi connectivity index (χ1) is 11.7. The molecule has 0 bridgehead atoms. The SMILES string of the molecule is CCCc1noc([C@@H](C)N2CCN(c3ccccc3OC)CC2)n1. The van der Waals surface area contributed by atoms with Gasteiger partial charge in [0.2, 0.25) is 5.89 Å². The molecule has 0 spiro atoms. The van der Waals surface area contributed by atoms with Gasteiger partial charge in [0.1, 0.15) is 5.75 Å². The molecular weight excluding hydrogens is 304 g/mol. The number of nitrogens with zero attached hydrogens (tertiary/aromatic N) is 4. The topological polar surface area (TPSA) is 54.6 Å². The Morgan fingerprint density at radius 3 is 2.67 bits per heavy atom. The molecule has 2 heterocycles. The zero-order chi connectivity index (χ0) is 16.9. The molecule has 0 N–H and O–H groups in total. The highest BCUT2D eigenvalue weighted by Gasteiger charge is 2.26. The van der Waals surface area contributed by atoms with Crippen molar-refractivity contribution in [3.63, 3.8) is 0 Å². The highest BCUT2D eigenvalue weighted by molar-refractivity contribution is 5.58. The number of aromatic nitrogens is 2. The summed E-state index contributed by atoms with van der Waals surface area (Å²) in [7, 11) is 1.72. The Bertz CT molecular complexity index is 650. The summed E-state index contributed by atoms with van der Waals surface area (Å²) in [5.41, 5.74) is 1.16. The van der Waals surface area contributed by atoms with Crippen molar-refractivity contribution >= 4 is 5.69 Å². The second-order valence-corrected chi connectivity index (χ2v) is 6.17. The summed E-state index contributed by atoms with van der Waals surface area (Å²) in [6, 6.07) is 8.35. The van der Waals surface area contributed by atoms with Crippen LogP contribution in [0.25, 0.3) is 0 Å². The number of hydrogen-bond donors (Lipinski definition) is 0. The zero-order valence-electron chi connectivity index (χ0n) is 14.7. The highest BCUT2D eigenvalue weighted by Crippen LogP contribution is 2.29. The van der Waals surface area contributed by atoms with Crippen molar-refractivity contribution in [1.82, 2.24) is 15.0 Å². The Kier molecular flexibility index (Phi) is 5.35. The molecule has 130 valence electrons. The number of methoxy groups -OCH3 is 1. The number of piperazine rings is 1. The summed E-state index contributed by atoms with van der Waals surface area (Å²) < 4.78 is 10.9. The molecule has 0 saturated carbocycles. The highest BCUT2D eigenvalue weighted by atomic mass is 16.5. The maximum Gasteiger partial charge on any atom is 0.243 e. The van der Waals surface area contributed by atoms with Crippen LogP contribution in [0.3, 0.4) is 0 Å². The van der Waals surface area contributed by atoms with Crippen LogP contribution in [0.2, 0.25) is 0 Å². The van der Waals surface area contributed by atoms with Gasteiger partial charge in [-0.2, -0.15) is 4.98 Å². The van der Waals surface area contributed by atoms with Gasteiger partial charge in [0.15, 0.2) is 5.82 Å². The molecule has 2 aromatic rings. The van der Waals surface area contributed by atoms with E-state index in [1.165, 1.54) is 0 Å². The van der Waals surface area contributed by atoms with Gasteiger partial charge in [0.05, 0.1) is 18.8 Å². The molecule has 1 fully saturated rings. The summed E-state index contributed by atoms with van der Waals surface area (Å²) >= 11 is 0. The predicted octanol–water partition coefficient (Wildman–Crippen LogP) is 2.91. The largest absolute Gasteiger partial charge is 0.495 e. The Morgan fingerprint density at radius 2 is 1.96 bits per heavy atom. The molecule has 1 atom stereocenters. The predicted molar refractivity (Wildman–Crippen MR) is 93.5 cm³/mol. The van der Waals surface area contributed by atoms with E-state index < -0.39 is 0 Å². The zero-order valence-corrected chi connectivity index (χ0v) is 14.7. The average molecular weight is 330 g/mol. The van der Waals surface area contributed by atoms with Gasteiger partial charge in [-0.05, 0) is 25.5 Å². The fourth-order valence-electron chi connectivity index (χ4n) is 3.16. The van der Waals surface area contributed by atoms with Crippen LogP contribution in [0.5, 0.6) is 5.75 Å². The van der Waals surface area contributed by atoms with Crippen LogP contribution in [-0.4, -0.2) is 48.3 Å². The van der Waals surface area contributed by atoms with Gasteiger partial charge in [0.25, 0.3) is 0 Å². The van der Waals surface area contributed by atoms with Crippen molar-refractivity contribution < 1.29 is 9.26 Å². The van der Waals surface area contributed by atoms with Gasteiger partial charge in [-0.3, -0.25) is 4.90 Å². The normalized spacial score (nSPS) is 17.0. The van der Waals surface area contributed by atoms with Gasteiger partial charge in [0, 0.05) is 32.6 Å². The first-order valence-electron chi connectivity index (χ1n) is 8.67. The average Bonchev–Trinajstić information content (AvgIpc) is 3.10. The molecule has 1 aromatic heterocycles. The summed E-state index contributed by atoms with van der Waals surface area (Å²) in [4.78, 5) is 9.30. The lowest BCUT2D eigenvalue weighted by Gasteiger charge is -2.38. The van der Waals surface area contributed by atoms with Crippen LogP contribution in [0.4, 0.5) is 5.69 Å². The lowest BCUT2D eigenvalue weighted by Crippen LogP contribution is -2.47. The molecule has 1 saturated heterocycles. The maximum absolute atomic E-state index is 5.48. The minimum absolute atomic E-state index is 0.155. The van der Waals surface area contributed by atoms with E-state index in [0.29, 0.717) is 0 Å². The lowest BCUT2D eigenvalue weighted by atomic mass is 10.2. The molecule has 1 aromatic carbocycles. The second kappa shape index (κ2) is 7.66. The van der Waals surface area contributed by atoms with Gasteiger partial charge in [-0.1, -0.05) is 24.2 Å². The molecule has 0 unspecified atom stereocenters. The quantitative estimate of drug-likeness (QED) is 0.812. The molecule has 6 nitrogen and oxygen atoms in total. The number of para-hydroxylation sites is 2. The van der Waals surface area contributed by atoms with Crippen molar-refractivity contribution in [3.05, 3.63) is 36.0 Å². The van der Waals surface area contributed by atoms with Gasteiger partial charge in [-0.25, -0.2) is 0 Å². The van der Waals surface area contributed by atoms with E-state index in [4.69, 9.17) is 9.26 Å². The first-order valence-corrected chi connectivity index (χ1v) is 8.67. The molecule has 1 aliphatic heterocycles. The van der Waals surface area contributed by atoms with Gasteiger partial charge >= 0.3 is 0 Å². The maximum atomic E-state index is 5.48. The van der Waals surface area contributed by atoms with E-state index in [0.717, 1.165) is 62.2 Å². The van der Waals surface area contributed by atoms with Crippen LogP contribution in [0.1, 0.15) is 38.0 Å². The van der Waals surface area contributed by atoms with Gasteiger partial charge < -0.3 is 14.2 Å². The number of rotatable bonds is 6. The summed E-state index contributed by atoms with van der Waals surface area (Å²) in [5, 5.41) is 4.07. The molecule has 6 heteroatoms. The molecule has 0 aliphatic carbocycles. The molecule has 1 aliphatic rings. The van der Waals surface area contributed by atoms with Crippen LogP contribution < -0.4 is 9.64 Å². The number of ether oxygens (including phenoxy) is 1. The second-order valence-electron chi connectivity index (χ2n) is 6.17. The van der Waals surface area contributed by atoms with E-state index >= 15 is 0 Å². The smallest absolute Gasteiger partial charge is 0.243 e. The number of aryl methyl sites for hydroxylation is 1. The van der Waals surface area contributed by atoms with Crippen LogP contribution in [0.15, 0.2) is 28.8 Å². The third-order valence-electron chi connectivity index (χ3n) is 4.60. The fourth-order valence-corrected chi connectivity index (χ4v) is 3.16. The van der Waals surface area contributed by atoms with Crippen molar-refractivity contribution in [2.75, 3.05) is 38.2 Å². The summed E-state index contributed by atoms with van der Waals surface area (Å²) in [6.45, 7) is 8.11. The van der Waals surface area contributed by atoms with Crippen LogP contribution >= 0.6 is 0 Å². The van der Waals surface area contributed by atoms with Gasteiger partial charge in [-0.15, -0.1) is 0 Å². The Labute approximate surface area is 143 Å². The Morgan fingerprint density at radius 1 is 1.21 bits per heavy atom. The lowest BCUT2D eigenvalue weighted by molar-refractivity contribution is 0.164. The number of benzene rings is 1. The minimum Gasteiger partial charge on any atom is -0.495 e. The molecule has 24 heavy (non-hydrogen) atoms. The van der Waals surface area contributed by atoms with Crippen molar-refractivity contribution in [2.24, 2.45) is 0 Å². The van der Waals surface area contributed by atoms with E-state index in [1.807, 2.05) is 12.1 Å². The minimum atomic E-state index is 0.155. The van der Waals surface area contributed by atoms with E-state index in [9.17, 15) is 0 Å². The van der Waals surface area contributed by atoms with E-state index in [1.54, 1.807) is 7.11 Å². The van der Waals surface area contributed by atoms with E-state index in [-0.39, 0.29) is 6.04 Å². The number of hydrogen-bond acceptors (Lipinski definition) is 6. The van der Waals surface area contributed by atoms with Crippen molar-refractivity contribution in [3.8, 4) is 5.75 Å². The molecule has 0 amide bonds. The van der Waals surface area contributed by atoms with Crippen LogP contribution in [-0.2, 0) is 6.42 Å². The monoisotopic (exact) mass is 330 g/mol. The molecule has 0 radical (unpaired) electrons. The van der Waals surface area contributed by atoms with Crippen LogP contribution in [0, 0.1) is 0 Å². The first kappa shape index (κ1) is 16.8. The summed E-state index contributed by atoms with van der Waals surface area (Å²) in [6.07, 6.45) is 1.91. The standard InChI is InChI=1S/C18H26N4O2/c1-4-7-17-19-18(24-20-17)14(2)21-10-12-22(13-11-21)15-8-5-6-9-16(15)23-3/h5-6,8-9,14H,4,7,10-13H2,1-3H3/t14-/m1/s1. The fraction of sp³-hybridized carbons (Fsp3) is 0.556. The third-order valence-corrected chi connectivity index (χ3v) is 4.60. The third kappa shape index (κ3) is 3.53. The van der Waals surface area contributed by atoms with E-state index in [2.05, 4.69) is 45.9 Å². The Balaban J connectivity index is 1.61. The summed E-state index contributed by atoms with van der Waals surface area (Å²) in [5.74, 6) is 2.47. The number of anilines is 1. The molecule has 3 rings (SSSR count).